The maximum absolute atomic E-state index is 13.4. The first-order valence-corrected chi connectivity index (χ1v) is 6.69. The topological polar surface area (TPSA) is 55.1 Å². The van der Waals surface area contributed by atoms with Crippen LogP contribution in [0.15, 0.2) is 18.2 Å². The van der Waals surface area contributed by atoms with E-state index < -0.39 is 0 Å². The molecular weight excluding hydrogens is 243 g/mol. The zero-order valence-electron chi connectivity index (χ0n) is 11.9. The van der Waals surface area contributed by atoms with Gasteiger partial charge in [-0.2, -0.15) is 0 Å². The fourth-order valence-corrected chi connectivity index (χ4v) is 2.14. The van der Waals surface area contributed by atoms with Gasteiger partial charge < -0.3 is 11.1 Å². The third kappa shape index (κ3) is 4.99. The minimum absolute atomic E-state index is 0.107. The van der Waals surface area contributed by atoms with Crippen molar-refractivity contribution in [2.24, 2.45) is 17.6 Å². The van der Waals surface area contributed by atoms with Crippen LogP contribution in [0.25, 0.3) is 0 Å². The minimum Gasteiger partial charge on any atom is -0.330 e. The summed E-state index contributed by atoms with van der Waals surface area (Å²) in [5.74, 6) is 0.270. The number of carbonyl (C=O) groups is 1. The fourth-order valence-electron chi connectivity index (χ4n) is 2.14. The zero-order valence-corrected chi connectivity index (χ0v) is 11.9. The van der Waals surface area contributed by atoms with Gasteiger partial charge >= 0.3 is 0 Å². The number of nitrogens with two attached hydrogens (primary N) is 1. The van der Waals surface area contributed by atoms with Crippen molar-refractivity contribution in [3.8, 4) is 0 Å². The summed E-state index contributed by atoms with van der Waals surface area (Å²) < 4.78 is 13.4. The SMILES string of the molecule is Cc1c(F)cccc1NC(=O)CC(CN)CC(C)C. The van der Waals surface area contributed by atoms with Crippen LogP contribution in [-0.2, 0) is 4.79 Å². The average molecular weight is 266 g/mol. The van der Waals surface area contributed by atoms with E-state index in [0.29, 0.717) is 30.1 Å². The number of rotatable bonds is 6. The predicted octanol–water partition coefficient (Wildman–Crippen LogP) is 3.08. The Kier molecular flexibility index (Phi) is 5.96. The molecule has 3 N–H and O–H groups in total. The van der Waals surface area contributed by atoms with Crippen molar-refractivity contribution in [3.05, 3.63) is 29.6 Å². The molecule has 0 aliphatic rings. The van der Waals surface area contributed by atoms with E-state index in [-0.39, 0.29) is 17.6 Å². The molecule has 1 aromatic carbocycles. The standard InChI is InChI=1S/C15H23FN2O/c1-10(2)7-12(9-17)8-15(19)18-14-6-4-5-13(16)11(14)3/h4-6,10,12H,7-9,17H2,1-3H3,(H,18,19). The van der Waals surface area contributed by atoms with Gasteiger partial charge in [0.2, 0.25) is 5.91 Å². The Morgan fingerprint density at radius 2 is 2.11 bits per heavy atom. The van der Waals surface area contributed by atoms with Crippen molar-refractivity contribution in [2.45, 2.75) is 33.6 Å². The van der Waals surface area contributed by atoms with Gasteiger partial charge in [-0.3, -0.25) is 4.79 Å². The summed E-state index contributed by atoms with van der Waals surface area (Å²) >= 11 is 0. The molecule has 19 heavy (non-hydrogen) atoms. The van der Waals surface area contributed by atoms with Crippen LogP contribution in [0.2, 0.25) is 0 Å². The van der Waals surface area contributed by atoms with Crippen LogP contribution in [0.3, 0.4) is 0 Å². The Labute approximate surface area is 114 Å². The fraction of sp³-hybridized carbons (Fsp3) is 0.533. The van der Waals surface area contributed by atoms with E-state index in [9.17, 15) is 9.18 Å². The van der Waals surface area contributed by atoms with Crippen molar-refractivity contribution < 1.29 is 9.18 Å². The quantitative estimate of drug-likeness (QED) is 0.831. The third-order valence-electron chi connectivity index (χ3n) is 3.15. The first kappa shape index (κ1) is 15.6. The summed E-state index contributed by atoms with van der Waals surface area (Å²) in [5, 5.41) is 2.75. The van der Waals surface area contributed by atoms with Crippen LogP contribution in [0.1, 0.15) is 32.3 Å². The summed E-state index contributed by atoms with van der Waals surface area (Å²) in [7, 11) is 0. The molecule has 106 valence electrons. The molecule has 0 aliphatic heterocycles. The van der Waals surface area contributed by atoms with Gasteiger partial charge in [0.15, 0.2) is 0 Å². The molecule has 0 bridgehead atoms. The molecule has 1 atom stereocenters. The second kappa shape index (κ2) is 7.24. The zero-order chi connectivity index (χ0) is 14.4. The smallest absolute Gasteiger partial charge is 0.224 e. The summed E-state index contributed by atoms with van der Waals surface area (Å²) in [6.07, 6.45) is 1.30. The number of nitrogens with one attached hydrogen (secondary N) is 1. The average Bonchev–Trinajstić information content (AvgIpc) is 2.33. The van der Waals surface area contributed by atoms with Crippen LogP contribution >= 0.6 is 0 Å². The molecule has 0 spiro atoms. The monoisotopic (exact) mass is 266 g/mol. The van der Waals surface area contributed by atoms with Crippen LogP contribution in [0, 0.1) is 24.6 Å². The highest BCUT2D eigenvalue weighted by atomic mass is 19.1. The molecule has 0 fully saturated rings. The van der Waals surface area contributed by atoms with Gasteiger partial charge in [0.25, 0.3) is 0 Å². The van der Waals surface area contributed by atoms with Crippen molar-refractivity contribution >= 4 is 11.6 Å². The van der Waals surface area contributed by atoms with E-state index in [1.54, 1.807) is 19.1 Å². The number of halogens is 1. The maximum Gasteiger partial charge on any atom is 0.224 e. The number of hydrogen-bond acceptors (Lipinski definition) is 2. The Balaban J connectivity index is 2.62. The first-order valence-electron chi connectivity index (χ1n) is 6.69. The third-order valence-corrected chi connectivity index (χ3v) is 3.15. The molecule has 0 saturated heterocycles. The summed E-state index contributed by atoms with van der Waals surface area (Å²) in [6, 6.07) is 4.68. The largest absolute Gasteiger partial charge is 0.330 e. The summed E-state index contributed by atoms with van der Waals surface area (Å²) in [4.78, 5) is 11.9. The van der Waals surface area contributed by atoms with Crippen molar-refractivity contribution in [1.82, 2.24) is 0 Å². The van der Waals surface area contributed by atoms with E-state index in [0.717, 1.165) is 6.42 Å². The molecule has 0 saturated carbocycles. The lowest BCUT2D eigenvalue weighted by atomic mass is 9.94. The molecular formula is C15H23FN2O. The molecule has 1 aromatic rings. The van der Waals surface area contributed by atoms with Crippen molar-refractivity contribution in [2.75, 3.05) is 11.9 Å². The summed E-state index contributed by atoms with van der Waals surface area (Å²) in [6.45, 7) is 6.36. The van der Waals surface area contributed by atoms with Crippen LogP contribution in [0.4, 0.5) is 10.1 Å². The van der Waals surface area contributed by atoms with Gasteiger partial charge in [0, 0.05) is 17.7 Å². The number of amides is 1. The Morgan fingerprint density at radius 3 is 2.68 bits per heavy atom. The molecule has 0 heterocycles. The van der Waals surface area contributed by atoms with Gasteiger partial charge in [-0.25, -0.2) is 4.39 Å². The van der Waals surface area contributed by atoms with E-state index in [2.05, 4.69) is 19.2 Å². The lowest BCUT2D eigenvalue weighted by Crippen LogP contribution is -2.23. The van der Waals surface area contributed by atoms with Gasteiger partial charge in [-0.1, -0.05) is 19.9 Å². The van der Waals surface area contributed by atoms with Crippen LogP contribution < -0.4 is 11.1 Å². The molecule has 4 heteroatoms. The Hall–Kier alpha value is -1.42. The van der Waals surface area contributed by atoms with Gasteiger partial charge in [-0.05, 0) is 43.9 Å². The van der Waals surface area contributed by atoms with Crippen LogP contribution in [-0.4, -0.2) is 12.5 Å². The van der Waals surface area contributed by atoms with E-state index in [4.69, 9.17) is 5.73 Å². The molecule has 3 nitrogen and oxygen atoms in total. The van der Waals surface area contributed by atoms with Gasteiger partial charge in [0.05, 0.1) is 0 Å². The highest BCUT2D eigenvalue weighted by Crippen LogP contribution is 2.19. The lowest BCUT2D eigenvalue weighted by Gasteiger charge is -2.17. The van der Waals surface area contributed by atoms with E-state index in [1.165, 1.54) is 6.07 Å². The predicted molar refractivity (Wildman–Crippen MR) is 76.4 cm³/mol. The molecule has 0 aliphatic carbocycles. The first-order chi connectivity index (χ1) is 8.93. The Bertz CT molecular complexity index is 432. The normalized spacial score (nSPS) is 12.5. The maximum atomic E-state index is 13.4. The molecule has 1 rings (SSSR count). The van der Waals surface area contributed by atoms with Gasteiger partial charge in [0.1, 0.15) is 5.82 Å². The molecule has 0 aromatic heterocycles. The van der Waals surface area contributed by atoms with E-state index >= 15 is 0 Å². The second-order valence-electron chi connectivity index (χ2n) is 5.40. The molecule has 1 amide bonds. The highest BCUT2D eigenvalue weighted by molar-refractivity contribution is 5.91. The number of anilines is 1. The van der Waals surface area contributed by atoms with Crippen LogP contribution in [0.5, 0.6) is 0 Å². The Morgan fingerprint density at radius 1 is 1.42 bits per heavy atom. The highest BCUT2D eigenvalue weighted by Gasteiger charge is 2.15. The van der Waals surface area contributed by atoms with Gasteiger partial charge in [-0.15, -0.1) is 0 Å². The number of carbonyl (C=O) groups excluding carboxylic acids is 1. The number of benzene rings is 1. The van der Waals surface area contributed by atoms with Crippen molar-refractivity contribution in [3.63, 3.8) is 0 Å². The second-order valence-corrected chi connectivity index (χ2v) is 5.40. The van der Waals surface area contributed by atoms with E-state index in [1.807, 2.05) is 0 Å². The minimum atomic E-state index is -0.310. The lowest BCUT2D eigenvalue weighted by molar-refractivity contribution is -0.117. The molecule has 1 unspecified atom stereocenters. The molecule has 0 radical (unpaired) electrons. The van der Waals surface area contributed by atoms with Crippen molar-refractivity contribution in [1.29, 1.82) is 0 Å². The number of hydrogen-bond donors (Lipinski definition) is 2. The summed E-state index contributed by atoms with van der Waals surface area (Å²) in [5.41, 5.74) is 6.67.